The fourth-order valence-electron chi connectivity index (χ4n) is 3.64. The monoisotopic (exact) mass is 602 g/mol. The minimum atomic E-state index is -3.97. The third kappa shape index (κ3) is 9.81. The van der Waals surface area contributed by atoms with E-state index in [2.05, 4.69) is 25.7 Å². The lowest BCUT2D eigenvalue weighted by Crippen LogP contribution is -2.40. The fraction of sp³-hybridized carbons (Fsp3) is 0.393. The number of aromatic nitrogens is 1. The average molecular weight is 603 g/mol. The SMILES string of the molecule is CC(C)OC(=O)Nc1ccc(-c2ncc(-c3ccc(NC(=O)NCCN(C)C)cc3S(=O)(=O)NC(C)(C)C)s2)cc1. The lowest BCUT2D eigenvalue weighted by atomic mass is 10.1. The largest absolute Gasteiger partial charge is 0.447 e. The maximum absolute atomic E-state index is 13.5. The maximum Gasteiger partial charge on any atom is 0.411 e. The quantitative estimate of drug-likeness (QED) is 0.250. The number of rotatable bonds is 10. The van der Waals surface area contributed by atoms with Gasteiger partial charge in [0.05, 0.1) is 15.9 Å². The summed E-state index contributed by atoms with van der Waals surface area (Å²) < 4.78 is 34.8. The Kier molecular flexibility index (Phi) is 10.5. The smallest absolute Gasteiger partial charge is 0.411 e. The first-order valence-corrected chi connectivity index (χ1v) is 15.3. The van der Waals surface area contributed by atoms with E-state index in [1.54, 1.807) is 65.1 Å². The zero-order valence-electron chi connectivity index (χ0n) is 24.4. The number of ether oxygens (including phenoxy) is 1. The van der Waals surface area contributed by atoms with Crippen molar-refractivity contribution in [3.8, 4) is 21.0 Å². The Morgan fingerprint density at radius 1 is 1.02 bits per heavy atom. The zero-order chi connectivity index (χ0) is 30.4. The molecular weight excluding hydrogens is 564 g/mol. The van der Waals surface area contributed by atoms with Gasteiger partial charge in [-0.05, 0) is 85.1 Å². The molecule has 13 heteroatoms. The Hall–Kier alpha value is -3.52. The molecule has 0 aliphatic heterocycles. The summed E-state index contributed by atoms with van der Waals surface area (Å²) in [6.07, 6.45) is 0.856. The van der Waals surface area contributed by atoms with Crippen LogP contribution in [0.3, 0.4) is 0 Å². The van der Waals surface area contributed by atoms with Crippen LogP contribution in [0, 0.1) is 0 Å². The molecule has 2 aromatic carbocycles. The first kappa shape index (κ1) is 32.0. The lowest BCUT2D eigenvalue weighted by Gasteiger charge is -2.22. The standard InChI is InChI=1S/C28H38N6O5S2/c1-18(2)39-27(36)32-20-10-8-19(9-11-20)25-30-17-23(40-25)22-13-12-21(31-26(35)29-14-15-34(6)7)16-24(22)41(37,38)33-28(3,4)5/h8-13,16-18,33H,14-15H2,1-7H3,(H,32,36)(H2,29,31,35). The van der Waals surface area contributed by atoms with Gasteiger partial charge in [0.1, 0.15) is 5.01 Å². The summed E-state index contributed by atoms with van der Waals surface area (Å²) in [6.45, 7) is 9.93. The van der Waals surface area contributed by atoms with Gasteiger partial charge < -0.3 is 20.3 Å². The van der Waals surface area contributed by atoms with Crippen molar-refractivity contribution in [2.75, 3.05) is 37.8 Å². The molecule has 41 heavy (non-hydrogen) atoms. The van der Waals surface area contributed by atoms with Gasteiger partial charge in [-0.2, -0.15) is 0 Å². The number of hydrogen-bond donors (Lipinski definition) is 4. The topological polar surface area (TPSA) is 142 Å². The molecule has 0 bridgehead atoms. The number of sulfonamides is 1. The van der Waals surface area contributed by atoms with Gasteiger partial charge >= 0.3 is 12.1 Å². The summed E-state index contributed by atoms with van der Waals surface area (Å²) in [6, 6.07) is 11.5. The number of nitrogens with one attached hydrogen (secondary N) is 4. The van der Waals surface area contributed by atoms with Crippen LogP contribution in [0.2, 0.25) is 0 Å². The van der Waals surface area contributed by atoms with Crippen LogP contribution in [0.1, 0.15) is 34.6 Å². The van der Waals surface area contributed by atoms with E-state index < -0.39 is 27.7 Å². The van der Waals surface area contributed by atoms with Gasteiger partial charge in [-0.15, -0.1) is 11.3 Å². The predicted octanol–water partition coefficient (Wildman–Crippen LogP) is 5.19. The van der Waals surface area contributed by atoms with Gasteiger partial charge in [0, 0.05) is 47.3 Å². The number of benzene rings is 2. The molecule has 222 valence electrons. The fourth-order valence-corrected chi connectivity index (χ4v) is 6.33. The van der Waals surface area contributed by atoms with E-state index in [0.29, 0.717) is 39.9 Å². The molecular formula is C28H38N6O5S2. The highest BCUT2D eigenvalue weighted by Gasteiger charge is 2.26. The first-order chi connectivity index (χ1) is 19.1. The molecule has 3 rings (SSSR count). The Labute approximate surface area is 245 Å². The molecule has 0 fully saturated rings. The number of carbonyl (C=O) groups is 2. The second-order valence-electron chi connectivity index (χ2n) is 10.9. The molecule has 0 radical (unpaired) electrons. The van der Waals surface area contributed by atoms with Crippen molar-refractivity contribution in [3.05, 3.63) is 48.7 Å². The molecule has 11 nitrogen and oxygen atoms in total. The third-order valence-electron chi connectivity index (χ3n) is 5.31. The Morgan fingerprint density at radius 3 is 2.29 bits per heavy atom. The summed E-state index contributed by atoms with van der Waals surface area (Å²) in [5.41, 5.74) is 1.45. The summed E-state index contributed by atoms with van der Waals surface area (Å²) >= 11 is 1.33. The molecule has 3 aromatic rings. The molecule has 0 saturated carbocycles. The van der Waals surface area contributed by atoms with Crippen molar-refractivity contribution in [2.24, 2.45) is 0 Å². The minimum absolute atomic E-state index is 0.0249. The molecule has 0 aliphatic rings. The van der Waals surface area contributed by atoms with E-state index in [4.69, 9.17) is 4.74 Å². The highest BCUT2D eigenvalue weighted by molar-refractivity contribution is 7.89. The molecule has 0 saturated heterocycles. The van der Waals surface area contributed by atoms with Crippen molar-refractivity contribution in [2.45, 2.75) is 51.2 Å². The van der Waals surface area contributed by atoms with E-state index >= 15 is 0 Å². The number of likely N-dealkylation sites (N-methyl/N-ethyl adjacent to an activating group) is 1. The maximum atomic E-state index is 13.5. The highest BCUT2D eigenvalue weighted by Crippen LogP contribution is 2.37. The third-order valence-corrected chi connectivity index (χ3v) is 8.18. The Balaban J connectivity index is 1.89. The number of nitrogens with zero attached hydrogens (tertiary/aromatic N) is 2. The molecule has 1 aromatic heterocycles. The molecule has 0 atom stereocenters. The number of carbonyl (C=O) groups excluding carboxylic acids is 2. The van der Waals surface area contributed by atoms with Crippen molar-refractivity contribution >= 4 is 44.9 Å². The van der Waals surface area contributed by atoms with Crippen LogP contribution in [0.15, 0.2) is 53.6 Å². The molecule has 0 aliphatic carbocycles. The zero-order valence-corrected chi connectivity index (χ0v) is 26.0. The Morgan fingerprint density at radius 2 is 1.68 bits per heavy atom. The minimum Gasteiger partial charge on any atom is -0.447 e. The van der Waals surface area contributed by atoms with Gasteiger partial charge in [0.25, 0.3) is 0 Å². The van der Waals surface area contributed by atoms with Crippen LogP contribution in [0.25, 0.3) is 21.0 Å². The Bertz CT molecular complexity index is 1460. The summed E-state index contributed by atoms with van der Waals surface area (Å²) in [4.78, 5) is 31.4. The number of urea groups is 1. The normalized spacial score (nSPS) is 11.9. The van der Waals surface area contributed by atoms with Crippen LogP contribution in [0.4, 0.5) is 21.0 Å². The van der Waals surface area contributed by atoms with Gasteiger partial charge in [-0.25, -0.2) is 27.7 Å². The molecule has 0 unspecified atom stereocenters. The molecule has 3 amide bonds. The van der Waals surface area contributed by atoms with Crippen molar-refractivity contribution in [1.82, 2.24) is 19.9 Å². The van der Waals surface area contributed by atoms with Crippen LogP contribution >= 0.6 is 11.3 Å². The summed E-state index contributed by atoms with van der Waals surface area (Å²) in [7, 11) is -0.158. The average Bonchev–Trinajstić information content (AvgIpc) is 3.32. The van der Waals surface area contributed by atoms with Crippen LogP contribution in [-0.4, -0.2) is 69.3 Å². The van der Waals surface area contributed by atoms with Gasteiger partial charge in [-0.3, -0.25) is 5.32 Å². The number of anilines is 2. The van der Waals surface area contributed by atoms with Gasteiger partial charge in [0.15, 0.2) is 0 Å². The van der Waals surface area contributed by atoms with E-state index in [0.717, 1.165) is 5.56 Å². The van der Waals surface area contributed by atoms with Crippen molar-refractivity contribution < 1.29 is 22.7 Å². The second-order valence-corrected chi connectivity index (χ2v) is 13.6. The highest BCUT2D eigenvalue weighted by atomic mass is 32.2. The second kappa shape index (κ2) is 13.4. The summed E-state index contributed by atoms with van der Waals surface area (Å²) in [5.74, 6) is 0. The molecule has 1 heterocycles. The van der Waals surface area contributed by atoms with Crippen LogP contribution in [-0.2, 0) is 14.8 Å². The van der Waals surface area contributed by atoms with Crippen LogP contribution < -0.4 is 20.7 Å². The van der Waals surface area contributed by atoms with E-state index in [1.165, 1.54) is 17.4 Å². The van der Waals surface area contributed by atoms with Crippen LogP contribution in [0.5, 0.6) is 0 Å². The van der Waals surface area contributed by atoms with E-state index in [-0.39, 0.29) is 11.0 Å². The molecule has 4 N–H and O–H groups in total. The number of thiazole rings is 1. The van der Waals surface area contributed by atoms with E-state index in [1.807, 2.05) is 31.1 Å². The number of amides is 3. The van der Waals surface area contributed by atoms with Crippen molar-refractivity contribution in [1.29, 1.82) is 0 Å². The molecule has 0 spiro atoms. The van der Waals surface area contributed by atoms with Crippen molar-refractivity contribution in [3.63, 3.8) is 0 Å². The van der Waals surface area contributed by atoms with Gasteiger partial charge in [-0.1, -0.05) is 6.07 Å². The first-order valence-electron chi connectivity index (χ1n) is 13.0. The summed E-state index contributed by atoms with van der Waals surface area (Å²) in [5, 5.41) is 8.82. The lowest BCUT2D eigenvalue weighted by molar-refractivity contribution is 0.130. The van der Waals surface area contributed by atoms with Gasteiger partial charge in [0.2, 0.25) is 10.0 Å². The number of hydrogen-bond acceptors (Lipinski definition) is 8. The predicted molar refractivity (Wildman–Crippen MR) is 164 cm³/mol. The van der Waals surface area contributed by atoms with E-state index in [9.17, 15) is 18.0 Å².